The molecule has 20 heavy (non-hydrogen) atoms. The van der Waals surface area contributed by atoms with Crippen molar-refractivity contribution in [1.29, 1.82) is 0 Å². The Morgan fingerprint density at radius 2 is 2.20 bits per heavy atom. The Kier molecular flexibility index (Phi) is 3.30. The summed E-state index contributed by atoms with van der Waals surface area (Å²) in [6.45, 7) is 0.725. The molecule has 0 saturated heterocycles. The third-order valence-electron chi connectivity index (χ3n) is 4.00. The number of benzene rings is 1. The molecule has 104 valence electrons. The molecule has 0 amide bonds. The highest BCUT2D eigenvalue weighted by atomic mass is 16.5. The number of Topliss-reactive ketones (excluding diaryl/α,β-unsaturated/α-hetero) is 1. The van der Waals surface area contributed by atoms with E-state index in [4.69, 9.17) is 0 Å². The summed E-state index contributed by atoms with van der Waals surface area (Å²) in [5.74, 6) is -0.00849. The van der Waals surface area contributed by atoms with E-state index in [9.17, 15) is 9.59 Å². The molecular formula is C16H17NO3. The van der Waals surface area contributed by atoms with Gasteiger partial charge in [0.25, 0.3) is 0 Å². The molecule has 1 aromatic heterocycles. The predicted octanol–water partition coefficient (Wildman–Crippen LogP) is 2.80. The maximum atomic E-state index is 12.4. The highest BCUT2D eigenvalue weighted by Crippen LogP contribution is 2.31. The first-order chi connectivity index (χ1) is 9.70. The molecule has 0 N–H and O–H groups in total. The maximum Gasteiger partial charge on any atom is 0.305 e. The number of rotatable bonds is 4. The number of fused-ring (bicyclic) bond motifs is 3. The van der Waals surface area contributed by atoms with Crippen LogP contribution in [0.15, 0.2) is 30.3 Å². The zero-order valence-corrected chi connectivity index (χ0v) is 11.5. The van der Waals surface area contributed by atoms with Crippen LogP contribution in [0.5, 0.6) is 0 Å². The van der Waals surface area contributed by atoms with E-state index in [1.807, 2.05) is 30.3 Å². The Balaban J connectivity index is 1.73. The van der Waals surface area contributed by atoms with E-state index >= 15 is 0 Å². The summed E-state index contributed by atoms with van der Waals surface area (Å²) in [7, 11) is 1.39. The summed E-state index contributed by atoms with van der Waals surface area (Å²) >= 11 is 0. The number of nitrogens with zero attached hydrogens (tertiary/aromatic N) is 1. The van der Waals surface area contributed by atoms with Crippen molar-refractivity contribution in [1.82, 2.24) is 4.57 Å². The molecule has 4 heteroatoms. The zero-order chi connectivity index (χ0) is 14.1. The van der Waals surface area contributed by atoms with Crippen LogP contribution in [0.2, 0.25) is 0 Å². The van der Waals surface area contributed by atoms with Crippen molar-refractivity contribution in [2.45, 2.75) is 25.8 Å². The lowest BCUT2D eigenvalue weighted by atomic mass is 9.98. The predicted molar refractivity (Wildman–Crippen MR) is 75.6 cm³/mol. The average molecular weight is 271 g/mol. The lowest BCUT2D eigenvalue weighted by Gasteiger charge is -2.07. The molecule has 1 atom stereocenters. The van der Waals surface area contributed by atoms with Gasteiger partial charge in [0.2, 0.25) is 0 Å². The smallest absolute Gasteiger partial charge is 0.305 e. The third kappa shape index (κ3) is 2.11. The van der Waals surface area contributed by atoms with Crippen molar-refractivity contribution in [3.05, 3.63) is 36.0 Å². The minimum absolute atomic E-state index is 0.000683. The number of aromatic nitrogens is 1. The van der Waals surface area contributed by atoms with E-state index in [-0.39, 0.29) is 17.7 Å². The fourth-order valence-corrected chi connectivity index (χ4v) is 2.94. The normalized spacial score (nSPS) is 17.4. The number of hydrogen-bond donors (Lipinski definition) is 0. The van der Waals surface area contributed by atoms with Crippen LogP contribution < -0.4 is 0 Å². The maximum absolute atomic E-state index is 12.4. The first kappa shape index (κ1) is 12.9. The molecular weight excluding hydrogens is 254 g/mol. The molecule has 4 nitrogen and oxygen atoms in total. The monoisotopic (exact) mass is 271 g/mol. The quantitative estimate of drug-likeness (QED) is 0.803. The lowest BCUT2D eigenvalue weighted by Crippen LogP contribution is -2.10. The van der Waals surface area contributed by atoms with Gasteiger partial charge in [0, 0.05) is 29.8 Å². The number of esters is 1. The number of ether oxygens (including phenoxy) is 1. The zero-order valence-electron chi connectivity index (χ0n) is 11.5. The molecule has 2 heterocycles. The van der Waals surface area contributed by atoms with Crippen molar-refractivity contribution in [3.63, 3.8) is 0 Å². The van der Waals surface area contributed by atoms with Gasteiger partial charge in [0.1, 0.15) is 0 Å². The molecule has 1 unspecified atom stereocenters. The van der Waals surface area contributed by atoms with Gasteiger partial charge in [0.05, 0.1) is 12.8 Å². The molecule has 0 bridgehead atoms. The molecule has 3 rings (SSSR count). The number of para-hydroxylation sites is 1. The van der Waals surface area contributed by atoms with Crippen molar-refractivity contribution in [3.8, 4) is 0 Å². The molecule has 1 aliphatic heterocycles. The SMILES string of the molecule is COC(=O)CCCC1Cn2c(cc3ccccc32)C1=O. The minimum Gasteiger partial charge on any atom is -0.469 e. The molecule has 2 aromatic rings. The van der Waals surface area contributed by atoms with Crippen LogP contribution >= 0.6 is 0 Å². The minimum atomic E-state index is -0.208. The highest BCUT2D eigenvalue weighted by molar-refractivity contribution is 6.03. The Bertz CT molecular complexity index is 671. The van der Waals surface area contributed by atoms with Crippen molar-refractivity contribution >= 4 is 22.7 Å². The van der Waals surface area contributed by atoms with Crippen molar-refractivity contribution in [2.24, 2.45) is 5.92 Å². The van der Waals surface area contributed by atoms with Crippen molar-refractivity contribution in [2.75, 3.05) is 7.11 Å². The van der Waals surface area contributed by atoms with Crippen LogP contribution in [0.3, 0.4) is 0 Å². The first-order valence-corrected chi connectivity index (χ1v) is 6.90. The molecule has 0 radical (unpaired) electrons. The van der Waals surface area contributed by atoms with E-state index in [1.165, 1.54) is 7.11 Å². The van der Waals surface area contributed by atoms with Gasteiger partial charge < -0.3 is 9.30 Å². The van der Waals surface area contributed by atoms with Gasteiger partial charge in [-0.1, -0.05) is 18.2 Å². The third-order valence-corrected chi connectivity index (χ3v) is 4.00. The summed E-state index contributed by atoms with van der Waals surface area (Å²) in [6.07, 6.45) is 1.83. The number of hydrogen-bond acceptors (Lipinski definition) is 3. The van der Waals surface area contributed by atoms with E-state index in [0.717, 1.165) is 29.6 Å². The molecule has 0 spiro atoms. The van der Waals surface area contributed by atoms with E-state index in [2.05, 4.69) is 9.30 Å². The molecule has 1 aliphatic rings. The standard InChI is InChI=1S/C16H17NO3/c1-20-15(18)8-4-6-12-10-17-13-7-3-2-5-11(13)9-14(17)16(12)19/h2-3,5,7,9,12H,4,6,8,10H2,1H3. The van der Waals surface area contributed by atoms with Gasteiger partial charge in [-0.15, -0.1) is 0 Å². The molecule has 1 aromatic carbocycles. The fourth-order valence-electron chi connectivity index (χ4n) is 2.94. The van der Waals surface area contributed by atoms with E-state index < -0.39 is 0 Å². The van der Waals surface area contributed by atoms with Crippen LogP contribution in [0.25, 0.3) is 10.9 Å². The lowest BCUT2D eigenvalue weighted by molar-refractivity contribution is -0.140. The number of carbonyl (C=O) groups excluding carboxylic acids is 2. The van der Waals surface area contributed by atoms with Crippen LogP contribution in [-0.2, 0) is 16.1 Å². The molecule has 0 saturated carbocycles. The van der Waals surface area contributed by atoms with Gasteiger partial charge in [-0.25, -0.2) is 0 Å². The van der Waals surface area contributed by atoms with Crippen LogP contribution in [0.1, 0.15) is 29.8 Å². The summed E-state index contributed by atoms with van der Waals surface area (Å²) in [4.78, 5) is 23.5. The van der Waals surface area contributed by atoms with Gasteiger partial charge in [-0.2, -0.15) is 0 Å². The summed E-state index contributed by atoms with van der Waals surface area (Å²) in [5.41, 5.74) is 1.92. The second kappa shape index (κ2) is 5.12. The topological polar surface area (TPSA) is 48.3 Å². The average Bonchev–Trinajstić information content (AvgIpc) is 2.97. The Labute approximate surface area is 117 Å². The van der Waals surface area contributed by atoms with Gasteiger partial charge in [-0.05, 0) is 25.0 Å². The Morgan fingerprint density at radius 1 is 1.40 bits per heavy atom. The molecule has 0 aliphatic carbocycles. The van der Waals surface area contributed by atoms with Gasteiger partial charge >= 0.3 is 5.97 Å². The summed E-state index contributed by atoms with van der Waals surface area (Å²) in [6, 6.07) is 10.0. The number of carbonyl (C=O) groups is 2. The second-order valence-corrected chi connectivity index (χ2v) is 5.23. The molecule has 0 fully saturated rings. The van der Waals surface area contributed by atoms with Crippen LogP contribution in [0, 0.1) is 5.92 Å². The highest BCUT2D eigenvalue weighted by Gasteiger charge is 2.31. The van der Waals surface area contributed by atoms with Crippen LogP contribution in [0.4, 0.5) is 0 Å². The van der Waals surface area contributed by atoms with Gasteiger partial charge in [-0.3, -0.25) is 9.59 Å². The Hall–Kier alpha value is -2.10. The van der Waals surface area contributed by atoms with E-state index in [1.54, 1.807) is 0 Å². The van der Waals surface area contributed by atoms with Gasteiger partial charge in [0.15, 0.2) is 5.78 Å². The van der Waals surface area contributed by atoms with Crippen LogP contribution in [-0.4, -0.2) is 23.4 Å². The van der Waals surface area contributed by atoms with Crippen molar-refractivity contribution < 1.29 is 14.3 Å². The van der Waals surface area contributed by atoms with E-state index in [0.29, 0.717) is 12.8 Å². The Morgan fingerprint density at radius 3 is 3.00 bits per heavy atom. The summed E-state index contributed by atoms with van der Waals surface area (Å²) < 4.78 is 6.71. The summed E-state index contributed by atoms with van der Waals surface area (Å²) in [5, 5.41) is 1.11. The second-order valence-electron chi connectivity index (χ2n) is 5.23. The fraction of sp³-hybridized carbons (Fsp3) is 0.375. The first-order valence-electron chi connectivity index (χ1n) is 6.90. The number of ketones is 1. The largest absolute Gasteiger partial charge is 0.469 e. The number of methoxy groups -OCH3 is 1.